The highest BCUT2D eigenvalue weighted by atomic mass is 127. The Bertz CT molecular complexity index is 762. The predicted molar refractivity (Wildman–Crippen MR) is 119 cm³/mol. The van der Waals surface area contributed by atoms with Crippen LogP contribution in [-0.2, 0) is 22.6 Å². The fraction of sp³-hybridized carbons (Fsp3) is 0.611. The molecule has 6 nitrogen and oxygen atoms in total. The van der Waals surface area contributed by atoms with Crippen LogP contribution in [0.2, 0.25) is 0 Å². The number of nitrogens with zero attached hydrogens (tertiary/aromatic N) is 2. The summed E-state index contributed by atoms with van der Waals surface area (Å²) in [5.41, 5.74) is 0.160. The van der Waals surface area contributed by atoms with Gasteiger partial charge in [0, 0.05) is 33.2 Å². The number of benzene rings is 1. The van der Waals surface area contributed by atoms with Crippen LogP contribution in [0.4, 0.5) is 13.2 Å². The van der Waals surface area contributed by atoms with Crippen LogP contribution in [0.1, 0.15) is 24.0 Å². The summed E-state index contributed by atoms with van der Waals surface area (Å²) >= 11 is 0. The van der Waals surface area contributed by atoms with Crippen LogP contribution >= 0.6 is 24.0 Å². The summed E-state index contributed by atoms with van der Waals surface area (Å²) in [5, 5.41) is 6.38. The topological polar surface area (TPSA) is 73.8 Å². The first-order valence-electron chi connectivity index (χ1n) is 9.15. The second kappa shape index (κ2) is 11.3. The van der Waals surface area contributed by atoms with Crippen LogP contribution in [0.15, 0.2) is 29.3 Å². The molecule has 1 saturated heterocycles. The van der Waals surface area contributed by atoms with Crippen LogP contribution in [0, 0.1) is 5.92 Å². The molecule has 0 radical (unpaired) electrons. The predicted octanol–water partition coefficient (Wildman–Crippen LogP) is 2.70. The van der Waals surface area contributed by atoms with E-state index >= 15 is 0 Å². The zero-order valence-corrected chi connectivity index (χ0v) is 19.6. The van der Waals surface area contributed by atoms with Crippen molar-refractivity contribution in [1.82, 2.24) is 14.9 Å². The molecule has 166 valence electrons. The van der Waals surface area contributed by atoms with Gasteiger partial charge in [-0.25, -0.2) is 12.7 Å². The molecule has 1 heterocycles. The number of aliphatic imine (C=N–C) groups is 1. The van der Waals surface area contributed by atoms with Gasteiger partial charge in [-0.1, -0.05) is 12.1 Å². The summed E-state index contributed by atoms with van der Waals surface area (Å²) in [7, 11) is -1.47. The van der Waals surface area contributed by atoms with E-state index in [4.69, 9.17) is 0 Å². The molecule has 0 saturated carbocycles. The highest BCUT2D eigenvalue weighted by molar-refractivity contribution is 14.0. The third-order valence-electron chi connectivity index (χ3n) is 4.81. The lowest BCUT2D eigenvalue weighted by Crippen LogP contribution is -2.44. The van der Waals surface area contributed by atoms with Gasteiger partial charge in [0.15, 0.2) is 5.96 Å². The molecule has 0 aliphatic carbocycles. The van der Waals surface area contributed by atoms with E-state index in [0.717, 1.165) is 30.5 Å². The van der Waals surface area contributed by atoms with Crippen molar-refractivity contribution in [1.29, 1.82) is 0 Å². The maximum absolute atomic E-state index is 12.6. The van der Waals surface area contributed by atoms with Crippen LogP contribution in [0.3, 0.4) is 0 Å². The van der Waals surface area contributed by atoms with E-state index in [2.05, 4.69) is 15.6 Å². The van der Waals surface area contributed by atoms with E-state index in [1.54, 1.807) is 7.05 Å². The summed E-state index contributed by atoms with van der Waals surface area (Å²) in [5.74, 6) is 0.990. The second-order valence-electron chi connectivity index (χ2n) is 6.93. The van der Waals surface area contributed by atoms with Crippen molar-refractivity contribution in [3.8, 4) is 0 Å². The SMILES string of the molecule is CN=C(NCCc1ccc(C(F)(F)F)cc1)NCC1CCN(S(C)(=O)=O)CC1.I. The normalized spacial score (nSPS) is 16.9. The van der Waals surface area contributed by atoms with Gasteiger partial charge >= 0.3 is 6.18 Å². The average molecular weight is 548 g/mol. The van der Waals surface area contributed by atoms with Crippen LogP contribution in [0.25, 0.3) is 0 Å². The Morgan fingerprint density at radius 1 is 1.17 bits per heavy atom. The molecule has 1 aliphatic rings. The molecule has 11 heteroatoms. The number of nitrogens with one attached hydrogen (secondary N) is 2. The largest absolute Gasteiger partial charge is 0.416 e. The summed E-state index contributed by atoms with van der Waals surface area (Å²) in [6, 6.07) is 5.14. The number of hydrogen-bond acceptors (Lipinski definition) is 3. The lowest BCUT2D eigenvalue weighted by atomic mass is 9.98. The van der Waals surface area contributed by atoms with Gasteiger partial charge in [0.1, 0.15) is 0 Å². The van der Waals surface area contributed by atoms with Crippen LogP contribution in [0.5, 0.6) is 0 Å². The smallest absolute Gasteiger partial charge is 0.356 e. The molecule has 0 aromatic heterocycles. The van der Waals surface area contributed by atoms with Crippen molar-refractivity contribution in [2.75, 3.05) is 39.5 Å². The standard InChI is InChI=1S/C18H27F3N4O2S.HI/c1-22-17(24-13-15-8-11-25(12-9-15)28(2,26)27)23-10-7-14-3-5-16(6-4-14)18(19,20)21;/h3-6,15H,7-13H2,1-2H3,(H2,22,23,24);1H. The first kappa shape index (κ1) is 26.0. The van der Waals surface area contributed by atoms with Crippen molar-refractivity contribution < 1.29 is 21.6 Å². The van der Waals surface area contributed by atoms with E-state index in [1.165, 1.54) is 22.7 Å². The van der Waals surface area contributed by atoms with E-state index in [-0.39, 0.29) is 24.0 Å². The van der Waals surface area contributed by atoms with Gasteiger partial charge in [-0.15, -0.1) is 24.0 Å². The van der Waals surface area contributed by atoms with Gasteiger partial charge in [0.05, 0.1) is 11.8 Å². The molecule has 0 bridgehead atoms. The van der Waals surface area contributed by atoms with Crippen LogP contribution in [-0.4, -0.2) is 58.2 Å². The molecule has 2 N–H and O–H groups in total. The molecule has 0 amide bonds. The highest BCUT2D eigenvalue weighted by Crippen LogP contribution is 2.29. The van der Waals surface area contributed by atoms with E-state index < -0.39 is 21.8 Å². The first-order chi connectivity index (χ1) is 13.1. The number of sulfonamides is 1. The lowest BCUT2D eigenvalue weighted by molar-refractivity contribution is -0.137. The molecule has 1 aliphatic heterocycles. The molecular weight excluding hydrogens is 520 g/mol. The molecule has 1 aromatic carbocycles. The Morgan fingerprint density at radius 3 is 2.24 bits per heavy atom. The average Bonchev–Trinajstić information content (AvgIpc) is 2.64. The zero-order chi connectivity index (χ0) is 20.8. The van der Waals surface area contributed by atoms with Gasteiger partial charge in [-0.3, -0.25) is 4.99 Å². The minimum absolute atomic E-state index is 0. The Balaban J connectivity index is 0.00000420. The molecular formula is C18H28F3IN4O2S. The van der Waals surface area contributed by atoms with Crippen molar-refractivity contribution in [3.63, 3.8) is 0 Å². The van der Waals surface area contributed by atoms with Gasteiger partial charge < -0.3 is 10.6 Å². The number of piperidine rings is 1. The second-order valence-corrected chi connectivity index (χ2v) is 8.91. The quantitative estimate of drug-likeness (QED) is 0.326. The first-order valence-corrected chi connectivity index (χ1v) is 11.0. The summed E-state index contributed by atoms with van der Waals surface area (Å²) in [4.78, 5) is 4.14. The maximum Gasteiger partial charge on any atom is 0.416 e. The van der Waals surface area contributed by atoms with Gasteiger partial charge in [-0.05, 0) is 42.9 Å². The maximum atomic E-state index is 12.6. The number of guanidine groups is 1. The van der Waals surface area contributed by atoms with Gasteiger partial charge in [0.25, 0.3) is 0 Å². The number of hydrogen-bond donors (Lipinski definition) is 2. The zero-order valence-electron chi connectivity index (χ0n) is 16.5. The van der Waals surface area contributed by atoms with E-state index in [0.29, 0.717) is 44.5 Å². The molecule has 1 fully saturated rings. The minimum atomic E-state index is -4.32. The minimum Gasteiger partial charge on any atom is -0.356 e. The molecule has 0 unspecified atom stereocenters. The Hall–Kier alpha value is -1.08. The van der Waals surface area contributed by atoms with Gasteiger partial charge in [-0.2, -0.15) is 13.2 Å². The summed E-state index contributed by atoms with van der Waals surface area (Å²) in [6.07, 6.45) is -0.926. The van der Waals surface area contributed by atoms with Gasteiger partial charge in [0.2, 0.25) is 10.0 Å². The van der Waals surface area contributed by atoms with Crippen molar-refractivity contribution in [2.45, 2.75) is 25.4 Å². The Labute approximate surface area is 187 Å². The van der Waals surface area contributed by atoms with Crippen molar-refractivity contribution in [3.05, 3.63) is 35.4 Å². The van der Waals surface area contributed by atoms with Crippen molar-refractivity contribution in [2.24, 2.45) is 10.9 Å². The lowest BCUT2D eigenvalue weighted by Gasteiger charge is -2.30. The Kier molecular flexibility index (Phi) is 10.2. The van der Waals surface area contributed by atoms with E-state index in [9.17, 15) is 21.6 Å². The van der Waals surface area contributed by atoms with Crippen molar-refractivity contribution >= 4 is 40.0 Å². The summed E-state index contributed by atoms with van der Waals surface area (Å²) < 4.78 is 62.3. The number of rotatable bonds is 6. The van der Waals surface area contributed by atoms with E-state index in [1.807, 2.05) is 0 Å². The molecule has 0 atom stereocenters. The third-order valence-corrected chi connectivity index (χ3v) is 6.11. The fourth-order valence-electron chi connectivity index (χ4n) is 3.09. The number of halogens is 4. The molecule has 1 aromatic rings. The third kappa shape index (κ3) is 8.67. The molecule has 0 spiro atoms. The fourth-order valence-corrected chi connectivity index (χ4v) is 3.97. The molecule has 2 rings (SSSR count). The monoisotopic (exact) mass is 548 g/mol. The molecule has 29 heavy (non-hydrogen) atoms. The van der Waals surface area contributed by atoms with Crippen LogP contribution < -0.4 is 10.6 Å². The summed E-state index contributed by atoms with van der Waals surface area (Å²) in [6.45, 7) is 2.30. The number of alkyl halides is 3. The highest BCUT2D eigenvalue weighted by Gasteiger charge is 2.29. The Morgan fingerprint density at radius 2 is 1.76 bits per heavy atom.